The van der Waals surface area contributed by atoms with Gasteiger partial charge in [0.2, 0.25) is 0 Å². The first-order valence-corrected chi connectivity index (χ1v) is 10.9. The molecule has 4 rings (SSSR count). The first-order chi connectivity index (χ1) is 14.1. The number of hydrogen-bond acceptors (Lipinski definition) is 8. The van der Waals surface area contributed by atoms with Crippen molar-refractivity contribution in [1.82, 2.24) is 14.9 Å². The molecule has 154 valence electrons. The Bertz CT molecular complexity index is 993. The summed E-state index contributed by atoms with van der Waals surface area (Å²) in [7, 11) is 0. The van der Waals surface area contributed by atoms with Crippen molar-refractivity contribution in [2.45, 2.75) is 39.7 Å². The van der Waals surface area contributed by atoms with Gasteiger partial charge < -0.3 is 14.5 Å². The lowest BCUT2D eigenvalue weighted by Crippen LogP contribution is -2.31. The van der Waals surface area contributed by atoms with Crippen LogP contribution in [0.1, 0.15) is 52.6 Å². The van der Waals surface area contributed by atoms with E-state index in [2.05, 4.69) is 20.2 Å². The molecule has 1 N–H and O–H groups in total. The van der Waals surface area contributed by atoms with Gasteiger partial charge in [0.05, 0.1) is 24.3 Å². The fourth-order valence-corrected chi connectivity index (χ4v) is 5.02. The van der Waals surface area contributed by atoms with E-state index in [0.29, 0.717) is 23.9 Å². The fourth-order valence-electron chi connectivity index (χ4n) is 3.90. The number of hydrogen-bond donors (Lipinski definition) is 1. The predicted molar refractivity (Wildman–Crippen MR) is 114 cm³/mol. The number of esters is 1. The number of carbonyl (C=O) groups is 1. The van der Waals surface area contributed by atoms with E-state index >= 15 is 0 Å². The first kappa shape index (κ1) is 19.8. The van der Waals surface area contributed by atoms with Crippen LogP contribution in [-0.2, 0) is 4.74 Å². The lowest BCUT2D eigenvalue weighted by atomic mass is 10.1. The van der Waals surface area contributed by atoms with Crippen molar-refractivity contribution in [3.05, 3.63) is 40.4 Å². The molecule has 4 heterocycles. The number of nitrogens with one attached hydrogen (secondary N) is 1. The molecule has 3 aromatic heterocycles. The molecule has 0 aliphatic carbocycles. The van der Waals surface area contributed by atoms with Crippen LogP contribution in [0.5, 0.6) is 0 Å². The van der Waals surface area contributed by atoms with E-state index in [4.69, 9.17) is 9.15 Å². The number of aromatic nitrogens is 2. The van der Waals surface area contributed by atoms with Crippen molar-refractivity contribution in [2.24, 2.45) is 0 Å². The Balaban J connectivity index is 1.65. The molecule has 1 saturated heterocycles. The number of rotatable bonds is 7. The molecule has 1 atom stereocenters. The standard InChI is InChI=1S/C21H26N4O3S/c1-4-27-21(26)18-13(2)17-19(23-14(3)24-20(17)29-18)22-12-15(16-8-7-11-28-16)25-9-5-6-10-25/h7-8,11,15H,4-6,9-10,12H2,1-3H3,(H,22,23,24). The number of furan rings is 1. The quantitative estimate of drug-likeness (QED) is 0.577. The number of nitrogens with zero attached hydrogens (tertiary/aromatic N) is 3. The summed E-state index contributed by atoms with van der Waals surface area (Å²) in [6, 6.07) is 4.10. The van der Waals surface area contributed by atoms with Gasteiger partial charge in [0, 0.05) is 6.54 Å². The van der Waals surface area contributed by atoms with Gasteiger partial charge in [-0.15, -0.1) is 11.3 Å². The molecule has 0 spiro atoms. The SMILES string of the molecule is CCOC(=O)c1sc2nc(C)nc(NCC(c3ccco3)N3CCCC3)c2c1C. The van der Waals surface area contributed by atoms with Gasteiger partial charge in [0.25, 0.3) is 0 Å². The Morgan fingerprint density at radius 2 is 2.14 bits per heavy atom. The Hall–Kier alpha value is -2.45. The van der Waals surface area contributed by atoms with E-state index in [1.54, 1.807) is 6.26 Å². The Morgan fingerprint density at radius 1 is 1.34 bits per heavy atom. The van der Waals surface area contributed by atoms with Crippen molar-refractivity contribution in [3.8, 4) is 0 Å². The molecule has 1 unspecified atom stereocenters. The second-order valence-corrected chi connectivity index (χ2v) is 8.23. The average Bonchev–Trinajstić information content (AvgIpc) is 3.44. The minimum atomic E-state index is -0.304. The zero-order valence-corrected chi connectivity index (χ0v) is 17.8. The highest BCUT2D eigenvalue weighted by Gasteiger charge is 2.27. The molecule has 0 bridgehead atoms. The Kier molecular flexibility index (Phi) is 5.82. The number of likely N-dealkylation sites (tertiary alicyclic amines) is 1. The molecule has 3 aromatic rings. The van der Waals surface area contributed by atoms with Crippen LogP contribution in [0.4, 0.5) is 5.82 Å². The van der Waals surface area contributed by atoms with Gasteiger partial charge in [-0.2, -0.15) is 0 Å². The van der Waals surface area contributed by atoms with Crippen LogP contribution < -0.4 is 5.32 Å². The Morgan fingerprint density at radius 3 is 2.83 bits per heavy atom. The van der Waals surface area contributed by atoms with Crippen molar-refractivity contribution in [1.29, 1.82) is 0 Å². The number of thiophene rings is 1. The van der Waals surface area contributed by atoms with E-state index in [1.165, 1.54) is 24.2 Å². The van der Waals surface area contributed by atoms with Crippen molar-refractivity contribution in [3.63, 3.8) is 0 Å². The second-order valence-electron chi connectivity index (χ2n) is 7.23. The molecular weight excluding hydrogens is 388 g/mol. The third-order valence-electron chi connectivity index (χ3n) is 5.28. The molecule has 0 amide bonds. The van der Waals surface area contributed by atoms with Crippen molar-refractivity contribution < 1.29 is 13.9 Å². The zero-order valence-electron chi connectivity index (χ0n) is 17.0. The zero-order chi connectivity index (χ0) is 20.4. The van der Waals surface area contributed by atoms with Gasteiger partial charge in [-0.05, 0) is 64.4 Å². The van der Waals surface area contributed by atoms with E-state index in [1.807, 2.05) is 32.9 Å². The highest BCUT2D eigenvalue weighted by Crippen LogP contribution is 2.35. The van der Waals surface area contributed by atoms with Crippen LogP contribution in [0.25, 0.3) is 10.2 Å². The number of ether oxygens (including phenoxy) is 1. The highest BCUT2D eigenvalue weighted by atomic mass is 32.1. The van der Waals surface area contributed by atoms with Crippen LogP contribution in [0.15, 0.2) is 22.8 Å². The molecule has 1 aliphatic rings. The van der Waals surface area contributed by atoms with Crippen LogP contribution >= 0.6 is 11.3 Å². The summed E-state index contributed by atoms with van der Waals surface area (Å²) >= 11 is 1.36. The topological polar surface area (TPSA) is 80.5 Å². The summed E-state index contributed by atoms with van der Waals surface area (Å²) in [6.45, 7) is 8.76. The first-order valence-electron chi connectivity index (χ1n) is 10.0. The van der Waals surface area contributed by atoms with E-state index in [-0.39, 0.29) is 12.0 Å². The largest absolute Gasteiger partial charge is 0.468 e. The molecule has 1 fully saturated rings. The third-order valence-corrected chi connectivity index (χ3v) is 6.44. The van der Waals surface area contributed by atoms with E-state index < -0.39 is 0 Å². The fraction of sp³-hybridized carbons (Fsp3) is 0.476. The summed E-state index contributed by atoms with van der Waals surface area (Å²) in [5.74, 6) is 2.08. The lowest BCUT2D eigenvalue weighted by molar-refractivity contribution is 0.0531. The Labute approximate surface area is 174 Å². The molecule has 1 aliphatic heterocycles. The number of carbonyl (C=O) groups excluding carboxylic acids is 1. The predicted octanol–water partition coefficient (Wildman–Crippen LogP) is 4.33. The highest BCUT2D eigenvalue weighted by molar-refractivity contribution is 7.20. The molecule has 0 aromatic carbocycles. The molecule has 8 heteroatoms. The maximum Gasteiger partial charge on any atom is 0.348 e. The van der Waals surface area contributed by atoms with Gasteiger partial charge in [0.1, 0.15) is 27.1 Å². The van der Waals surface area contributed by atoms with E-state index in [0.717, 1.165) is 40.4 Å². The summed E-state index contributed by atoms with van der Waals surface area (Å²) in [6.07, 6.45) is 4.14. The maximum atomic E-state index is 12.3. The summed E-state index contributed by atoms with van der Waals surface area (Å²) < 4.78 is 10.9. The van der Waals surface area contributed by atoms with Crippen LogP contribution in [0.2, 0.25) is 0 Å². The van der Waals surface area contributed by atoms with E-state index in [9.17, 15) is 4.79 Å². The van der Waals surface area contributed by atoms with Gasteiger partial charge in [0.15, 0.2) is 0 Å². The number of aryl methyl sites for hydroxylation is 2. The van der Waals surface area contributed by atoms with Crippen molar-refractivity contribution >= 4 is 33.3 Å². The summed E-state index contributed by atoms with van der Waals surface area (Å²) in [5.41, 5.74) is 0.863. The minimum Gasteiger partial charge on any atom is -0.468 e. The molecule has 29 heavy (non-hydrogen) atoms. The van der Waals surface area contributed by atoms with Gasteiger partial charge in [-0.25, -0.2) is 14.8 Å². The van der Waals surface area contributed by atoms with Crippen LogP contribution in [0, 0.1) is 13.8 Å². The number of fused-ring (bicyclic) bond motifs is 1. The minimum absolute atomic E-state index is 0.140. The second kappa shape index (κ2) is 8.51. The molecule has 7 nitrogen and oxygen atoms in total. The van der Waals surface area contributed by atoms with Gasteiger partial charge in [-0.3, -0.25) is 4.90 Å². The maximum absolute atomic E-state index is 12.3. The monoisotopic (exact) mass is 414 g/mol. The molecule has 0 radical (unpaired) electrons. The number of anilines is 1. The average molecular weight is 415 g/mol. The summed E-state index contributed by atoms with van der Waals surface area (Å²) in [5, 5.41) is 4.41. The molecule has 0 saturated carbocycles. The van der Waals surface area contributed by atoms with Crippen LogP contribution in [0.3, 0.4) is 0 Å². The molecular formula is C21H26N4O3S. The lowest BCUT2D eigenvalue weighted by Gasteiger charge is -2.26. The van der Waals surface area contributed by atoms with Crippen LogP contribution in [-0.4, -0.2) is 47.1 Å². The smallest absolute Gasteiger partial charge is 0.348 e. The summed E-state index contributed by atoms with van der Waals surface area (Å²) in [4.78, 5) is 25.4. The van der Waals surface area contributed by atoms with Crippen molar-refractivity contribution in [2.75, 3.05) is 31.6 Å². The normalized spacial score (nSPS) is 15.7. The third kappa shape index (κ3) is 4.00. The van der Waals surface area contributed by atoms with Gasteiger partial charge >= 0.3 is 5.97 Å². The van der Waals surface area contributed by atoms with Gasteiger partial charge in [-0.1, -0.05) is 0 Å².